The van der Waals surface area contributed by atoms with Crippen molar-refractivity contribution in [3.8, 4) is 67.5 Å². The van der Waals surface area contributed by atoms with Crippen LogP contribution in [0.4, 0.5) is 0 Å². The lowest BCUT2D eigenvalue weighted by Gasteiger charge is -2.11. The zero-order valence-electron chi connectivity index (χ0n) is 23.0. The fourth-order valence-corrected chi connectivity index (χ4v) is 5.20. The van der Waals surface area contributed by atoms with Crippen molar-refractivity contribution in [2.24, 2.45) is 0 Å². The Balaban J connectivity index is 1.31. The van der Waals surface area contributed by atoms with Gasteiger partial charge in [0.15, 0.2) is 17.5 Å². The summed E-state index contributed by atoms with van der Waals surface area (Å²) in [5.74, 6) is 1.85. The fourth-order valence-electron chi connectivity index (χ4n) is 4.93. The van der Waals surface area contributed by atoms with Crippen molar-refractivity contribution in [2.75, 3.05) is 0 Å². The molecule has 0 radical (unpaired) electrons. The molecule has 3 aromatic heterocycles. The van der Waals surface area contributed by atoms with Crippen LogP contribution in [-0.2, 0) is 0 Å². The van der Waals surface area contributed by atoms with Crippen LogP contribution in [0.2, 0.25) is 0 Å². The molecule has 7 rings (SSSR count). The normalized spacial score (nSPS) is 10.9. The van der Waals surface area contributed by atoms with Crippen LogP contribution in [0.15, 0.2) is 151 Å². The molecule has 7 aromatic rings. The predicted molar refractivity (Wildman–Crippen MR) is 176 cm³/mol. The SMILES string of the molecule is Brc1ccc(-c2cccc(-c3nc(-c4ccc(-c5cccnc5)cc4)nc(-c4ccc(-c5cccnc5)cc4)n3)c2)cc1. The Morgan fingerprint density at radius 1 is 0.349 bits per heavy atom. The molecule has 0 saturated carbocycles. The predicted octanol–water partition coefficient (Wildman–Crippen LogP) is 9.43. The number of halogens is 1. The molecule has 0 atom stereocenters. The third-order valence-electron chi connectivity index (χ3n) is 7.21. The zero-order valence-corrected chi connectivity index (χ0v) is 24.6. The van der Waals surface area contributed by atoms with Crippen molar-refractivity contribution in [3.63, 3.8) is 0 Å². The number of nitrogens with zero attached hydrogens (tertiary/aromatic N) is 5. The fraction of sp³-hybridized carbons (Fsp3) is 0. The Hall–Kier alpha value is -5.33. The summed E-state index contributed by atoms with van der Waals surface area (Å²) in [5, 5.41) is 0. The number of aromatic nitrogens is 5. The van der Waals surface area contributed by atoms with Crippen molar-refractivity contribution < 1.29 is 0 Å². The van der Waals surface area contributed by atoms with Crippen molar-refractivity contribution in [1.82, 2.24) is 24.9 Å². The lowest BCUT2D eigenvalue weighted by Crippen LogP contribution is -2.00. The molecule has 0 fully saturated rings. The molecule has 0 unspecified atom stereocenters. The number of hydrogen-bond donors (Lipinski definition) is 0. The molecule has 0 spiro atoms. The first kappa shape index (κ1) is 26.6. The van der Waals surface area contributed by atoms with Gasteiger partial charge in [0.25, 0.3) is 0 Å². The maximum Gasteiger partial charge on any atom is 0.164 e. The van der Waals surface area contributed by atoms with Gasteiger partial charge in [-0.05, 0) is 63.7 Å². The minimum Gasteiger partial charge on any atom is -0.264 e. The molecule has 6 heteroatoms. The van der Waals surface area contributed by atoms with E-state index in [4.69, 9.17) is 15.0 Å². The summed E-state index contributed by atoms with van der Waals surface area (Å²) in [6.07, 6.45) is 7.28. The molecule has 0 amide bonds. The number of rotatable bonds is 6. The van der Waals surface area contributed by atoms with E-state index in [2.05, 4.69) is 111 Å². The average molecular weight is 619 g/mol. The standard InChI is InChI=1S/C37H24BrN5/c38-34-18-16-25(17-19-34)30-4-1-5-31(22-30)37-42-35(28-12-8-26(9-13-28)32-6-2-20-39-23-32)41-36(43-37)29-14-10-27(11-15-29)33-7-3-21-40-24-33/h1-24H. The molecular weight excluding hydrogens is 594 g/mol. The van der Waals surface area contributed by atoms with Crippen molar-refractivity contribution in [2.45, 2.75) is 0 Å². The number of benzene rings is 4. The summed E-state index contributed by atoms with van der Waals surface area (Å²) in [5.41, 5.74) is 9.24. The molecule has 0 saturated heterocycles. The first-order valence-corrected chi connectivity index (χ1v) is 14.6. The number of pyridine rings is 2. The van der Waals surface area contributed by atoms with Crippen LogP contribution in [0, 0.1) is 0 Å². The smallest absolute Gasteiger partial charge is 0.164 e. The van der Waals surface area contributed by atoms with Crippen LogP contribution in [0.1, 0.15) is 0 Å². The van der Waals surface area contributed by atoms with Crippen LogP contribution < -0.4 is 0 Å². The number of hydrogen-bond acceptors (Lipinski definition) is 5. The quantitative estimate of drug-likeness (QED) is 0.186. The van der Waals surface area contributed by atoms with E-state index in [1.165, 1.54) is 0 Å². The van der Waals surface area contributed by atoms with E-state index < -0.39 is 0 Å². The summed E-state index contributed by atoms with van der Waals surface area (Å²) in [6, 6.07) is 41.1. The van der Waals surface area contributed by atoms with Gasteiger partial charge in [-0.25, -0.2) is 15.0 Å². The second-order valence-corrected chi connectivity index (χ2v) is 10.9. The van der Waals surface area contributed by atoms with E-state index >= 15 is 0 Å². The molecule has 3 heterocycles. The first-order chi connectivity index (χ1) is 21.2. The molecule has 0 aliphatic heterocycles. The minimum absolute atomic E-state index is 0.614. The van der Waals surface area contributed by atoms with Crippen LogP contribution in [0.25, 0.3) is 67.5 Å². The van der Waals surface area contributed by atoms with Gasteiger partial charge < -0.3 is 0 Å². The van der Waals surface area contributed by atoms with Gasteiger partial charge in [0.1, 0.15) is 0 Å². The summed E-state index contributed by atoms with van der Waals surface area (Å²) in [7, 11) is 0. The summed E-state index contributed by atoms with van der Waals surface area (Å²) in [4.78, 5) is 23.4. The Bertz CT molecular complexity index is 1890. The highest BCUT2D eigenvalue weighted by Gasteiger charge is 2.14. The van der Waals surface area contributed by atoms with Crippen LogP contribution in [0.5, 0.6) is 0 Å². The van der Waals surface area contributed by atoms with Gasteiger partial charge in [-0.1, -0.05) is 107 Å². The van der Waals surface area contributed by atoms with Gasteiger partial charge in [-0.15, -0.1) is 0 Å². The maximum atomic E-state index is 4.97. The molecule has 0 bridgehead atoms. The molecule has 0 aliphatic rings. The second kappa shape index (κ2) is 11.9. The highest BCUT2D eigenvalue weighted by Crippen LogP contribution is 2.30. The zero-order chi connectivity index (χ0) is 29.0. The molecule has 5 nitrogen and oxygen atoms in total. The van der Waals surface area contributed by atoms with Gasteiger partial charge in [0.2, 0.25) is 0 Å². The average Bonchev–Trinajstić information content (AvgIpc) is 3.09. The van der Waals surface area contributed by atoms with Gasteiger partial charge in [0, 0.05) is 46.0 Å². The van der Waals surface area contributed by atoms with Crippen LogP contribution in [-0.4, -0.2) is 24.9 Å². The summed E-state index contributed by atoms with van der Waals surface area (Å²) >= 11 is 3.53. The van der Waals surface area contributed by atoms with E-state index in [0.29, 0.717) is 17.5 Å². The third-order valence-corrected chi connectivity index (χ3v) is 7.74. The Morgan fingerprint density at radius 2 is 0.744 bits per heavy atom. The van der Waals surface area contributed by atoms with Gasteiger partial charge >= 0.3 is 0 Å². The summed E-state index contributed by atoms with van der Waals surface area (Å²) < 4.78 is 1.04. The molecule has 43 heavy (non-hydrogen) atoms. The molecule has 204 valence electrons. The van der Waals surface area contributed by atoms with E-state index in [-0.39, 0.29) is 0 Å². The van der Waals surface area contributed by atoms with Crippen molar-refractivity contribution in [3.05, 3.63) is 151 Å². The van der Waals surface area contributed by atoms with Crippen LogP contribution >= 0.6 is 15.9 Å². The van der Waals surface area contributed by atoms with Gasteiger partial charge in [-0.3, -0.25) is 9.97 Å². The topological polar surface area (TPSA) is 64.5 Å². The Morgan fingerprint density at radius 3 is 1.23 bits per heavy atom. The molecular formula is C37H24BrN5. The van der Waals surface area contributed by atoms with E-state index in [9.17, 15) is 0 Å². The largest absolute Gasteiger partial charge is 0.264 e. The van der Waals surface area contributed by atoms with Crippen molar-refractivity contribution >= 4 is 15.9 Å². The monoisotopic (exact) mass is 617 g/mol. The Labute approximate surface area is 258 Å². The lowest BCUT2D eigenvalue weighted by molar-refractivity contribution is 1.07. The van der Waals surface area contributed by atoms with E-state index in [1.807, 2.05) is 48.8 Å². The van der Waals surface area contributed by atoms with Crippen LogP contribution in [0.3, 0.4) is 0 Å². The van der Waals surface area contributed by atoms with Gasteiger partial charge in [0.05, 0.1) is 0 Å². The minimum atomic E-state index is 0.614. The summed E-state index contributed by atoms with van der Waals surface area (Å²) in [6.45, 7) is 0. The van der Waals surface area contributed by atoms with E-state index in [0.717, 1.165) is 54.5 Å². The molecule has 0 N–H and O–H groups in total. The van der Waals surface area contributed by atoms with Crippen molar-refractivity contribution in [1.29, 1.82) is 0 Å². The second-order valence-electron chi connectivity index (χ2n) is 10.0. The molecule has 4 aromatic carbocycles. The lowest BCUT2D eigenvalue weighted by atomic mass is 10.0. The highest BCUT2D eigenvalue weighted by molar-refractivity contribution is 9.10. The maximum absolute atomic E-state index is 4.97. The third kappa shape index (κ3) is 5.87. The first-order valence-electron chi connectivity index (χ1n) is 13.8. The Kier molecular flexibility index (Phi) is 7.34. The molecule has 0 aliphatic carbocycles. The van der Waals surface area contributed by atoms with Gasteiger partial charge in [-0.2, -0.15) is 0 Å². The highest BCUT2D eigenvalue weighted by atomic mass is 79.9. The van der Waals surface area contributed by atoms with E-state index in [1.54, 1.807) is 12.4 Å².